The summed E-state index contributed by atoms with van der Waals surface area (Å²) in [6.07, 6.45) is 1.06. The van der Waals surface area contributed by atoms with Crippen LogP contribution >= 0.6 is 15.9 Å². The largest absolute Gasteiger partial charge is 0.455 e. The van der Waals surface area contributed by atoms with Gasteiger partial charge in [-0.2, -0.15) is 0 Å². The van der Waals surface area contributed by atoms with Gasteiger partial charge in [0.05, 0.1) is 17.6 Å². The zero-order valence-corrected chi connectivity index (χ0v) is 18.0. The number of sulfonamides is 1. The predicted octanol–water partition coefficient (Wildman–Crippen LogP) is 4.65. The topological polar surface area (TPSA) is 75.7 Å². The van der Waals surface area contributed by atoms with Crippen molar-refractivity contribution >= 4 is 43.2 Å². The fourth-order valence-electron chi connectivity index (χ4n) is 2.63. The Hall–Kier alpha value is -2.84. The molecule has 0 bridgehead atoms. The van der Waals surface area contributed by atoms with Gasteiger partial charge in [0.15, 0.2) is 5.75 Å². The van der Waals surface area contributed by atoms with Crippen molar-refractivity contribution < 1.29 is 17.9 Å². The summed E-state index contributed by atoms with van der Waals surface area (Å²) in [4.78, 5) is 12.6. The number of hydrogen-bond donors (Lipinski definition) is 1. The molecule has 1 N–H and O–H groups in total. The smallest absolute Gasteiger partial charge is 0.245 e. The number of anilines is 2. The lowest BCUT2D eigenvalue weighted by atomic mass is 10.2. The van der Waals surface area contributed by atoms with E-state index in [0.29, 0.717) is 27.3 Å². The van der Waals surface area contributed by atoms with E-state index in [0.717, 1.165) is 10.6 Å². The Morgan fingerprint density at radius 1 is 1.00 bits per heavy atom. The average molecular weight is 475 g/mol. The number of benzene rings is 3. The molecular weight excluding hydrogens is 456 g/mol. The molecule has 8 heteroatoms. The normalized spacial score (nSPS) is 11.0. The van der Waals surface area contributed by atoms with E-state index in [1.54, 1.807) is 60.7 Å². The molecule has 150 valence electrons. The molecule has 3 rings (SSSR count). The standard InChI is InChI=1S/C21H19BrN2O4S/c1-29(26,27)24(17-9-7-8-16(22)14-17)15-21(25)23-19-12-5-6-13-20(19)28-18-10-3-2-4-11-18/h2-14H,15H2,1H3,(H,23,25). The van der Waals surface area contributed by atoms with Crippen LogP contribution in [0.3, 0.4) is 0 Å². The second-order valence-electron chi connectivity index (χ2n) is 6.21. The van der Waals surface area contributed by atoms with Gasteiger partial charge in [0.25, 0.3) is 0 Å². The summed E-state index contributed by atoms with van der Waals surface area (Å²) >= 11 is 3.32. The minimum absolute atomic E-state index is 0.366. The number of halogens is 1. The maximum Gasteiger partial charge on any atom is 0.245 e. The third kappa shape index (κ3) is 5.82. The van der Waals surface area contributed by atoms with E-state index in [-0.39, 0.29) is 6.54 Å². The second kappa shape index (κ2) is 9.11. The first kappa shape index (κ1) is 20.9. The summed E-state index contributed by atoms with van der Waals surface area (Å²) in [7, 11) is -3.66. The van der Waals surface area contributed by atoms with Gasteiger partial charge >= 0.3 is 0 Å². The van der Waals surface area contributed by atoms with Crippen LogP contribution in [0.5, 0.6) is 11.5 Å². The van der Waals surface area contributed by atoms with Gasteiger partial charge < -0.3 is 10.1 Å². The molecule has 0 aliphatic carbocycles. The number of rotatable bonds is 7. The predicted molar refractivity (Wildman–Crippen MR) is 118 cm³/mol. The van der Waals surface area contributed by atoms with Crippen molar-refractivity contribution in [2.24, 2.45) is 0 Å². The summed E-state index contributed by atoms with van der Waals surface area (Å²) in [6, 6.07) is 22.9. The number of nitrogens with zero attached hydrogens (tertiary/aromatic N) is 1. The zero-order valence-electron chi connectivity index (χ0n) is 15.6. The van der Waals surface area contributed by atoms with Crippen molar-refractivity contribution in [2.75, 3.05) is 22.4 Å². The molecule has 0 radical (unpaired) electrons. The lowest BCUT2D eigenvalue weighted by Crippen LogP contribution is -2.37. The van der Waals surface area contributed by atoms with Gasteiger partial charge in [-0.1, -0.05) is 52.3 Å². The lowest BCUT2D eigenvalue weighted by Gasteiger charge is -2.22. The van der Waals surface area contributed by atoms with E-state index >= 15 is 0 Å². The Morgan fingerprint density at radius 3 is 2.38 bits per heavy atom. The van der Waals surface area contributed by atoms with E-state index in [1.807, 2.05) is 18.2 Å². The van der Waals surface area contributed by atoms with Crippen molar-refractivity contribution in [1.29, 1.82) is 0 Å². The Bertz CT molecular complexity index is 1100. The molecule has 0 aliphatic rings. The summed E-state index contributed by atoms with van der Waals surface area (Å²) in [5, 5.41) is 2.74. The Kier molecular flexibility index (Phi) is 6.56. The van der Waals surface area contributed by atoms with Crippen LogP contribution in [-0.4, -0.2) is 27.1 Å². The Morgan fingerprint density at radius 2 is 1.69 bits per heavy atom. The van der Waals surface area contributed by atoms with Crippen LogP contribution in [-0.2, 0) is 14.8 Å². The van der Waals surface area contributed by atoms with Crippen LogP contribution < -0.4 is 14.4 Å². The molecule has 0 fully saturated rings. The third-order valence-electron chi connectivity index (χ3n) is 3.92. The molecule has 29 heavy (non-hydrogen) atoms. The molecular formula is C21H19BrN2O4S. The summed E-state index contributed by atoms with van der Waals surface area (Å²) in [5.74, 6) is 0.598. The Balaban J connectivity index is 1.79. The number of carbonyl (C=O) groups excluding carboxylic acids is 1. The quantitative estimate of drug-likeness (QED) is 0.540. The number of amides is 1. The Labute approximate surface area is 178 Å². The van der Waals surface area contributed by atoms with Crippen LogP contribution in [0.2, 0.25) is 0 Å². The van der Waals surface area contributed by atoms with Crippen molar-refractivity contribution in [3.05, 3.63) is 83.3 Å². The molecule has 3 aromatic carbocycles. The molecule has 0 unspecified atom stereocenters. The SMILES string of the molecule is CS(=O)(=O)N(CC(=O)Nc1ccccc1Oc1ccccc1)c1cccc(Br)c1. The van der Waals surface area contributed by atoms with Gasteiger partial charge in [-0.25, -0.2) is 8.42 Å². The van der Waals surface area contributed by atoms with Crippen molar-refractivity contribution in [1.82, 2.24) is 0 Å². The second-order valence-corrected chi connectivity index (χ2v) is 9.03. The highest BCUT2D eigenvalue weighted by Gasteiger charge is 2.21. The molecule has 0 spiro atoms. The van der Waals surface area contributed by atoms with E-state index < -0.39 is 15.9 Å². The maximum atomic E-state index is 12.6. The number of nitrogens with one attached hydrogen (secondary N) is 1. The summed E-state index contributed by atoms with van der Waals surface area (Å²) < 4.78 is 32.1. The van der Waals surface area contributed by atoms with E-state index in [2.05, 4.69) is 21.2 Å². The molecule has 0 saturated heterocycles. The van der Waals surface area contributed by atoms with Crippen molar-refractivity contribution in [3.63, 3.8) is 0 Å². The van der Waals surface area contributed by atoms with Gasteiger partial charge in [-0.3, -0.25) is 9.10 Å². The van der Waals surface area contributed by atoms with Gasteiger partial charge in [-0.15, -0.1) is 0 Å². The van der Waals surface area contributed by atoms with Crippen molar-refractivity contribution in [3.8, 4) is 11.5 Å². The highest BCUT2D eigenvalue weighted by atomic mass is 79.9. The van der Waals surface area contributed by atoms with Gasteiger partial charge in [0.1, 0.15) is 12.3 Å². The first-order valence-electron chi connectivity index (χ1n) is 8.68. The van der Waals surface area contributed by atoms with Gasteiger partial charge in [-0.05, 0) is 42.5 Å². The summed E-state index contributed by atoms with van der Waals surface area (Å²) in [5.41, 5.74) is 0.842. The molecule has 0 saturated carbocycles. The zero-order chi connectivity index (χ0) is 20.9. The fraction of sp³-hybridized carbons (Fsp3) is 0.0952. The third-order valence-corrected chi connectivity index (χ3v) is 5.55. The molecule has 6 nitrogen and oxygen atoms in total. The molecule has 0 aromatic heterocycles. The lowest BCUT2D eigenvalue weighted by molar-refractivity contribution is -0.114. The number of ether oxygens (including phenoxy) is 1. The van der Waals surface area contributed by atoms with E-state index in [4.69, 9.17) is 4.74 Å². The van der Waals surface area contributed by atoms with Gasteiger partial charge in [0.2, 0.25) is 15.9 Å². The fourth-order valence-corrected chi connectivity index (χ4v) is 3.86. The highest BCUT2D eigenvalue weighted by molar-refractivity contribution is 9.10. The molecule has 0 heterocycles. The van der Waals surface area contributed by atoms with Crippen LogP contribution in [0, 0.1) is 0 Å². The first-order chi connectivity index (χ1) is 13.8. The van der Waals surface area contributed by atoms with E-state index in [1.165, 1.54) is 0 Å². The monoisotopic (exact) mass is 474 g/mol. The minimum atomic E-state index is -3.66. The van der Waals surface area contributed by atoms with Crippen LogP contribution in [0.25, 0.3) is 0 Å². The maximum absolute atomic E-state index is 12.6. The van der Waals surface area contributed by atoms with E-state index in [9.17, 15) is 13.2 Å². The average Bonchev–Trinajstić information content (AvgIpc) is 2.67. The highest BCUT2D eigenvalue weighted by Crippen LogP contribution is 2.29. The summed E-state index contributed by atoms with van der Waals surface area (Å²) in [6.45, 7) is -0.366. The number of para-hydroxylation sites is 3. The minimum Gasteiger partial charge on any atom is -0.455 e. The molecule has 3 aromatic rings. The number of hydrogen-bond acceptors (Lipinski definition) is 4. The molecule has 0 aliphatic heterocycles. The first-order valence-corrected chi connectivity index (χ1v) is 11.3. The number of carbonyl (C=O) groups is 1. The van der Waals surface area contributed by atoms with Crippen LogP contribution in [0.1, 0.15) is 0 Å². The molecule has 0 atom stereocenters. The van der Waals surface area contributed by atoms with Crippen LogP contribution in [0.15, 0.2) is 83.3 Å². The molecule has 1 amide bonds. The van der Waals surface area contributed by atoms with Gasteiger partial charge in [0, 0.05) is 4.47 Å². The van der Waals surface area contributed by atoms with Crippen molar-refractivity contribution in [2.45, 2.75) is 0 Å². The van der Waals surface area contributed by atoms with Crippen LogP contribution in [0.4, 0.5) is 11.4 Å².